The van der Waals surface area contributed by atoms with Gasteiger partial charge in [-0.25, -0.2) is 17.9 Å². The molecule has 0 amide bonds. The Kier molecular flexibility index (Phi) is 5.92. The number of sulfonamides is 1. The fourth-order valence-electron chi connectivity index (χ4n) is 1.77. The number of aliphatic hydroxyl groups excluding tert-OH is 1. The van der Waals surface area contributed by atoms with Crippen LogP contribution in [0.1, 0.15) is 37.0 Å². The molecule has 1 aromatic rings. The standard InChI is InChI=1S/C13H18BrNO5S/c1-3-13(2,6-7-16)15-21(19,20)11-8-9(12(17)18)4-5-10(11)14/h4-5,8,15-16H,3,6-7H2,1-2H3,(H,17,18). The van der Waals surface area contributed by atoms with Gasteiger partial charge >= 0.3 is 5.97 Å². The van der Waals surface area contributed by atoms with Gasteiger partial charge in [0.2, 0.25) is 10.0 Å². The van der Waals surface area contributed by atoms with Crippen molar-refractivity contribution in [1.82, 2.24) is 4.72 Å². The van der Waals surface area contributed by atoms with E-state index in [-0.39, 0.29) is 28.0 Å². The molecule has 0 spiro atoms. The quantitative estimate of drug-likeness (QED) is 0.671. The van der Waals surface area contributed by atoms with Gasteiger partial charge in [-0.1, -0.05) is 6.92 Å². The second kappa shape index (κ2) is 6.87. The summed E-state index contributed by atoms with van der Waals surface area (Å²) in [5.74, 6) is -1.20. The zero-order chi connectivity index (χ0) is 16.3. The van der Waals surface area contributed by atoms with Crippen molar-refractivity contribution in [3.63, 3.8) is 0 Å². The summed E-state index contributed by atoms with van der Waals surface area (Å²) < 4.78 is 27.7. The maximum absolute atomic E-state index is 12.5. The summed E-state index contributed by atoms with van der Waals surface area (Å²) in [5, 5.41) is 18.0. The summed E-state index contributed by atoms with van der Waals surface area (Å²) >= 11 is 3.12. The van der Waals surface area contributed by atoms with Crippen LogP contribution in [0.2, 0.25) is 0 Å². The second-order valence-corrected chi connectivity index (χ2v) is 7.45. The first-order valence-corrected chi connectivity index (χ1v) is 8.60. The van der Waals surface area contributed by atoms with Crippen molar-refractivity contribution in [2.45, 2.75) is 37.1 Å². The summed E-state index contributed by atoms with van der Waals surface area (Å²) in [6.07, 6.45) is 0.752. The second-order valence-electron chi connectivity index (χ2n) is 4.94. The lowest BCUT2D eigenvalue weighted by Gasteiger charge is -2.28. The van der Waals surface area contributed by atoms with Crippen LogP contribution < -0.4 is 4.72 Å². The third-order valence-electron chi connectivity index (χ3n) is 3.29. The van der Waals surface area contributed by atoms with Gasteiger partial charge in [-0.15, -0.1) is 0 Å². The highest BCUT2D eigenvalue weighted by molar-refractivity contribution is 9.10. The first-order valence-electron chi connectivity index (χ1n) is 6.33. The van der Waals surface area contributed by atoms with Crippen molar-refractivity contribution in [3.05, 3.63) is 28.2 Å². The van der Waals surface area contributed by atoms with Crippen molar-refractivity contribution < 1.29 is 23.4 Å². The Bertz CT molecular complexity index is 631. The Morgan fingerprint density at radius 1 is 1.43 bits per heavy atom. The van der Waals surface area contributed by atoms with Crippen LogP contribution in [0.3, 0.4) is 0 Å². The van der Waals surface area contributed by atoms with Gasteiger partial charge in [0.1, 0.15) is 0 Å². The number of hydrogen-bond acceptors (Lipinski definition) is 4. The van der Waals surface area contributed by atoms with E-state index in [1.165, 1.54) is 12.1 Å². The number of nitrogens with one attached hydrogen (secondary N) is 1. The van der Waals surface area contributed by atoms with Crippen LogP contribution in [0.4, 0.5) is 0 Å². The van der Waals surface area contributed by atoms with E-state index < -0.39 is 21.5 Å². The molecule has 0 aromatic heterocycles. The fourth-order valence-corrected chi connectivity index (χ4v) is 4.27. The largest absolute Gasteiger partial charge is 0.478 e. The van der Waals surface area contributed by atoms with E-state index in [9.17, 15) is 13.2 Å². The number of benzene rings is 1. The average Bonchev–Trinajstić information content (AvgIpc) is 2.38. The molecule has 0 aliphatic carbocycles. The van der Waals surface area contributed by atoms with Crippen molar-refractivity contribution in [3.8, 4) is 0 Å². The Morgan fingerprint density at radius 2 is 2.05 bits per heavy atom. The van der Waals surface area contributed by atoms with Crippen LogP contribution in [-0.4, -0.2) is 36.7 Å². The molecule has 0 saturated heterocycles. The van der Waals surface area contributed by atoms with Gasteiger partial charge in [0, 0.05) is 16.6 Å². The number of carbonyl (C=O) groups is 1. The average molecular weight is 380 g/mol. The lowest BCUT2D eigenvalue weighted by molar-refractivity contribution is 0.0696. The van der Waals surface area contributed by atoms with E-state index in [0.717, 1.165) is 6.07 Å². The molecule has 0 heterocycles. The maximum Gasteiger partial charge on any atom is 0.335 e. The molecule has 0 fully saturated rings. The van der Waals surface area contributed by atoms with Gasteiger partial charge in [-0.2, -0.15) is 0 Å². The van der Waals surface area contributed by atoms with E-state index in [1.54, 1.807) is 13.8 Å². The molecule has 0 saturated carbocycles. The van der Waals surface area contributed by atoms with E-state index in [0.29, 0.717) is 6.42 Å². The maximum atomic E-state index is 12.5. The Labute approximate surface area is 132 Å². The number of halogens is 1. The normalized spacial score (nSPS) is 14.7. The molecule has 1 rings (SSSR count). The number of carboxylic acid groups (broad SMARTS) is 1. The molecule has 0 aliphatic heterocycles. The monoisotopic (exact) mass is 379 g/mol. The number of rotatable bonds is 7. The minimum Gasteiger partial charge on any atom is -0.478 e. The number of hydrogen-bond donors (Lipinski definition) is 3. The molecule has 1 atom stereocenters. The van der Waals surface area contributed by atoms with Crippen LogP contribution in [0, 0.1) is 0 Å². The lowest BCUT2D eigenvalue weighted by atomic mass is 9.97. The van der Waals surface area contributed by atoms with Crippen LogP contribution in [0.5, 0.6) is 0 Å². The molecule has 0 aliphatic rings. The zero-order valence-electron chi connectivity index (χ0n) is 11.8. The van der Waals surface area contributed by atoms with Crippen LogP contribution in [-0.2, 0) is 10.0 Å². The first kappa shape index (κ1) is 18.1. The summed E-state index contributed by atoms with van der Waals surface area (Å²) in [6, 6.07) is 3.80. The topological polar surface area (TPSA) is 104 Å². The Hall–Kier alpha value is -0.960. The predicted octanol–water partition coefficient (Wildman–Crippen LogP) is 1.98. The molecular weight excluding hydrogens is 362 g/mol. The van der Waals surface area contributed by atoms with Crippen LogP contribution in [0.25, 0.3) is 0 Å². The smallest absolute Gasteiger partial charge is 0.335 e. The third kappa shape index (κ3) is 4.50. The van der Waals surface area contributed by atoms with Crippen LogP contribution in [0.15, 0.2) is 27.6 Å². The van der Waals surface area contributed by atoms with Crippen LogP contribution >= 0.6 is 15.9 Å². The lowest BCUT2D eigenvalue weighted by Crippen LogP contribution is -2.46. The van der Waals surface area contributed by atoms with Gasteiger partial charge in [-0.05, 0) is 53.9 Å². The molecule has 118 valence electrons. The molecule has 21 heavy (non-hydrogen) atoms. The SMILES string of the molecule is CCC(C)(CCO)NS(=O)(=O)c1cc(C(=O)O)ccc1Br. The van der Waals surface area contributed by atoms with Gasteiger partial charge in [0.25, 0.3) is 0 Å². The summed E-state index contributed by atoms with van der Waals surface area (Å²) in [4.78, 5) is 10.8. The molecular formula is C13H18BrNO5S. The number of aliphatic hydroxyl groups is 1. The van der Waals surface area contributed by atoms with Gasteiger partial charge in [-0.3, -0.25) is 0 Å². The minimum atomic E-state index is -3.91. The summed E-state index contributed by atoms with van der Waals surface area (Å²) in [7, 11) is -3.91. The fraction of sp³-hybridized carbons (Fsp3) is 0.462. The molecule has 1 aromatic carbocycles. The first-order chi connectivity index (χ1) is 9.65. The number of aromatic carboxylic acids is 1. The van der Waals surface area contributed by atoms with Crippen molar-refractivity contribution >= 4 is 31.9 Å². The highest BCUT2D eigenvalue weighted by Crippen LogP contribution is 2.26. The van der Waals surface area contributed by atoms with E-state index in [2.05, 4.69) is 20.7 Å². The highest BCUT2D eigenvalue weighted by atomic mass is 79.9. The molecule has 1 unspecified atom stereocenters. The van der Waals surface area contributed by atoms with Gasteiger partial charge in [0.05, 0.1) is 10.5 Å². The van der Waals surface area contributed by atoms with Gasteiger partial charge < -0.3 is 10.2 Å². The molecule has 8 heteroatoms. The summed E-state index contributed by atoms with van der Waals surface area (Å²) in [6.45, 7) is 3.35. The van der Waals surface area contributed by atoms with Crippen molar-refractivity contribution in [2.24, 2.45) is 0 Å². The van der Waals surface area contributed by atoms with E-state index >= 15 is 0 Å². The predicted molar refractivity (Wildman–Crippen MR) is 81.8 cm³/mol. The number of carboxylic acids is 1. The third-order valence-corrected chi connectivity index (χ3v) is 5.92. The molecule has 0 bridgehead atoms. The Morgan fingerprint density at radius 3 is 2.52 bits per heavy atom. The minimum absolute atomic E-state index is 0.112. The molecule has 0 radical (unpaired) electrons. The zero-order valence-corrected chi connectivity index (χ0v) is 14.2. The van der Waals surface area contributed by atoms with E-state index in [1.807, 2.05) is 0 Å². The highest BCUT2D eigenvalue weighted by Gasteiger charge is 2.30. The van der Waals surface area contributed by atoms with Crippen molar-refractivity contribution in [2.75, 3.05) is 6.61 Å². The molecule has 6 nitrogen and oxygen atoms in total. The van der Waals surface area contributed by atoms with Gasteiger partial charge in [0.15, 0.2) is 0 Å². The van der Waals surface area contributed by atoms with Crippen molar-refractivity contribution in [1.29, 1.82) is 0 Å². The molecule has 3 N–H and O–H groups in total. The summed E-state index contributed by atoms with van der Waals surface area (Å²) in [5.41, 5.74) is -0.911. The Balaban J connectivity index is 3.25. The van der Waals surface area contributed by atoms with E-state index in [4.69, 9.17) is 10.2 Å².